The number of nitrogens with one attached hydrogen (secondary N) is 1. The molecule has 1 fully saturated rings. The minimum absolute atomic E-state index is 0.0598. The molecule has 0 radical (unpaired) electrons. The first-order valence-corrected chi connectivity index (χ1v) is 9.98. The molecule has 0 bridgehead atoms. The molecule has 0 spiro atoms. The largest absolute Gasteiger partial charge is 0.333 e. The van der Waals surface area contributed by atoms with E-state index in [4.69, 9.17) is 0 Å². The first-order chi connectivity index (χ1) is 14.7. The molecule has 0 saturated carbocycles. The normalized spacial score (nSPS) is 13.6. The van der Waals surface area contributed by atoms with Crippen LogP contribution in [0.15, 0.2) is 67.1 Å². The van der Waals surface area contributed by atoms with Crippen LogP contribution in [0.1, 0.15) is 23.0 Å². The second kappa shape index (κ2) is 8.77. The molecule has 8 nitrogen and oxygen atoms in total. The second-order valence-corrected chi connectivity index (χ2v) is 7.18. The van der Waals surface area contributed by atoms with Gasteiger partial charge < -0.3 is 15.1 Å². The molecule has 1 N–H and O–H groups in total. The van der Waals surface area contributed by atoms with Gasteiger partial charge in [-0.05, 0) is 36.8 Å². The van der Waals surface area contributed by atoms with Crippen LogP contribution >= 0.6 is 0 Å². The molecule has 1 aliphatic heterocycles. The number of amides is 3. The maximum absolute atomic E-state index is 13.0. The van der Waals surface area contributed by atoms with Gasteiger partial charge in [-0.2, -0.15) is 5.10 Å². The molecule has 3 aromatic rings. The summed E-state index contributed by atoms with van der Waals surface area (Å²) in [5, 5.41) is 7.12. The van der Waals surface area contributed by atoms with Crippen molar-refractivity contribution in [2.75, 3.05) is 18.4 Å². The number of pyridine rings is 1. The number of anilines is 1. The topological polar surface area (TPSA) is 83.4 Å². The lowest BCUT2D eigenvalue weighted by Gasteiger charge is -2.45. The fourth-order valence-electron chi connectivity index (χ4n) is 3.52. The van der Waals surface area contributed by atoms with E-state index in [1.54, 1.807) is 39.1 Å². The maximum atomic E-state index is 13.0. The summed E-state index contributed by atoms with van der Waals surface area (Å²) in [6.45, 7) is 3.97. The molecular formula is C22H24N6O2. The molecule has 154 valence electrons. The van der Waals surface area contributed by atoms with E-state index in [1.807, 2.05) is 49.4 Å². The predicted molar refractivity (Wildman–Crippen MR) is 113 cm³/mol. The van der Waals surface area contributed by atoms with Crippen LogP contribution in [0.2, 0.25) is 0 Å². The molecule has 0 atom stereocenters. The van der Waals surface area contributed by atoms with Crippen LogP contribution in [0, 0.1) is 0 Å². The number of benzene rings is 1. The van der Waals surface area contributed by atoms with Crippen LogP contribution < -0.4 is 5.32 Å². The number of urea groups is 1. The Morgan fingerprint density at radius 3 is 2.60 bits per heavy atom. The fourth-order valence-corrected chi connectivity index (χ4v) is 3.52. The number of carbonyl (C=O) groups is 2. The lowest BCUT2D eigenvalue weighted by atomic mass is 10.1. The summed E-state index contributed by atoms with van der Waals surface area (Å²) in [5.74, 6) is -0.0598. The van der Waals surface area contributed by atoms with Crippen LogP contribution in [-0.4, -0.2) is 55.6 Å². The Morgan fingerprint density at radius 2 is 1.90 bits per heavy atom. The van der Waals surface area contributed by atoms with E-state index >= 15 is 0 Å². The minimum Gasteiger partial charge on any atom is -0.333 e. The van der Waals surface area contributed by atoms with Gasteiger partial charge in [0.2, 0.25) is 0 Å². The van der Waals surface area contributed by atoms with Crippen LogP contribution in [0.5, 0.6) is 0 Å². The summed E-state index contributed by atoms with van der Waals surface area (Å²) in [6.07, 6.45) is 5.10. The van der Waals surface area contributed by atoms with Gasteiger partial charge in [0.15, 0.2) is 0 Å². The summed E-state index contributed by atoms with van der Waals surface area (Å²) < 4.78 is 1.69. The van der Waals surface area contributed by atoms with E-state index in [0.29, 0.717) is 31.9 Å². The van der Waals surface area contributed by atoms with E-state index in [1.165, 1.54) is 0 Å². The number of para-hydroxylation sites is 1. The van der Waals surface area contributed by atoms with Crippen molar-refractivity contribution < 1.29 is 9.59 Å². The maximum Gasteiger partial charge on any atom is 0.322 e. The zero-order chi connectivity index (χ0) is 20.9. The van der Waals surface area contributed by atoms with Crippen molar-refractivity contribution in [3.63, 3.8) is 0 Å². The third-order valence-electron chi connectivity index (χ3n) is 5.19. The molecule has 1 aromatic carbocycles. The molecule has 30 heavy (non-hydrogen) atoms. The predicted octanol–water partition coefficient (Wildman–Crippen LogP) is 2.86. The molecule has 1 saturated heterocycles. The number of hydrogen-bond donors (Lipinski definition) is 1. The Balaban J connectivity index is 1.46. The van der Waals surface area contributed by atoms with Crippen LogP contribution in [0.3, 0.4) is 0 Å². The van der Waals surface area contributed by atoms with Crippen molar-refractivity contribution in [2.24, 2.45) is 0 Å². The highest BCUT2D eigenvalue weighted by molar-refractivity contribution is 5.94. The van der Waals surface area contributed by atoms with Gasteiger partial charge in [0.05, 0.1) is 6.04 Å². The molecule has 4 rings (SSSR count). The van der Waals surface area contributed by atoms with Crippen molar-refractivity contribution in [2.45, 2.75) is 26.1 Å². The molecular weight excluding hydrogens is 380 g/mol. The SMILES string of the molecule is CCn1nccc1C(=O)N1CC(N(Cc2cccnc2)C(=O)Nc2ccccc2)C1. The molecule has 1 aliphatic rings. The van der Waals surface area contributed by atoms with E-state index in [9.17, 15) is 9.59 Å². The zero-order valence-electron chi connectivity index (χ0n) is 16.8. The Kier molecular flexibility index (Phi) is 5.74. The molecule has 8 heteroatoms. The lowest BCUT2D eigenvalue weighted by Crippen LogP contribution is -2.62. The van der Waals surface area contributed by atoms with Gasteiger partial charge in [0.25, 0.3) is 5.91 Å². The second-order valence-electron chi connectivity index (χ2n) is 7.18. The summed E-state index contributed by atoms with van der Waals surface area (Å²) >= 11 is 0. The Morgan fingerprint density at radius 1 is 1.10 bits per heavy atom. The van der Waals surface area contributed by atoms with Crippen LogP contribution in [0.25, 0.3) is 0 Å². The smallest absolute Gasteiger partial charge is 0.322 e. The highest BCUT2D eigenvalue weighted by Gasteiger charge is 2.38. The van der Waals surface area contributed by atoms with Crippen molar-refractivity contribution in [1.82, 2.24) is 24.6 Å². The van der Waals surface area contributed by atoms with Crippen molar-refractivity contribution >= 4 is 17.6 Å². The highest BCUT2D eigenvalue weighted by atomic mass is 16.2. The van der Waals surface area contributed by atoms with Gasteiger partial charge in [-0.1, -0.05) is 24.3 Å². The van der Waals surface area contributed by atoms with Gasteiger partial charge in [-0.25, -0.2) is 4.79 Å². The summed E-state index contributed by atoms with van der Waals surface area (Å²) in [5.41, 5.74) is 2.25. The molecule has 2 aromatic heterocycles. The number of aromatic nitrogens is 3. The molecule has 3 amide bonds. The van der Waals surface area contributed by atoms with Gasteiger partial charge >= 0.3 is 6.03 Å². The van der Waals surface area contributed by atoms with E-state index in [0.717, 1.165) is 11.3 Å². The quantitative estimate of drug-likeness (QED) is 0.685. The monoisotopic (exact) mass is 404 g/mol. The van der Waals surface area contributed by atoms with Gasteiger partial charge in [0, 0.05) is 50.5 Å². The average Bonchev–Trinajstić information content (AvgIpc) is 3.22. The Bertz CT molecular complexity index is 999. The van der Waals surface area contributed by atoms with Crippen molar-refractivity contribution in [3.8, 4) is 0 Å². The van der Waals surface area contributed by atoms with Gasteiger partial charge in [-0.3, -0.25) is 14.5 Å². The van der Waals surface area contributed by atoms with Crippen LogP contribution in [0.4, 0.5) is 10.5 Å². The first-order valence-electron chi connectivity index (χ1n) is 9.98. The highest BCUT2D eigenvalue weighted by Crippen LogP contribution is 2.21. The van der Waals surface area contributed by atoms with E-state index in [2.05, 4.69) is 15.4 Å². The third-order valence-corrected chi connectivity index (χ3v) is 5.19. The minimum atomic E-state index is -0.194. The average molecular weight is 404 g/mol. The third kappa shape index (κ3) is 4.17. The Labute approximate surface area is 175 Å². The number of rotatable bonds is 6. The Hall–Kier alpha value is -3.68. The molecule has 0 aliphatic carbocycles. The zero-order valence-corrected chi connectivity index (χ0v) is 16.8. The standard InChI is InChI=1S/C22H24N6O2/c1-2-28-20(10-12-24-28)21(29)26-15-19(16-26)27(14-17-7-6-11-23-13-17)22(30)25-18-8-4-3-5-9-18/h3-13,19H,2,14-16H2,1H3,(H,25,30). The number of likely N-dealkylation sites (tertiary alicyclic amines) is 1. The first kappa shape index (κ1) is 19.6. The number of hydrogen-bond acceptors (Lipinski definition) is 4. The lowest BCUT2D eigenvalue weighted by molar-refractivity contribution is 0.0352. The summed E-state index contributed by atoms with van der Waals surface area (Å²) in [4.78, 5) is 33.5. The van der Waals surface area contributed by atoms with E-state index < -0.39 is 0 Å². The number of nitrogens with zero attached hydrogens (tertiary/aromatic N) is 5. The van der Waals surface area contributed by atoms with Crippen molar-refractivity contribution in [3.05, 3.63) is 78.4 Å². The van der Waals surface area contributed by atoms with Crippen LogP contribution in [-0.2, 0) is 13.1 Å². The van der Waals surface area contributed by atoms with Gasteiger partial charge in [0.1, 0.15) is 5.69 Å². The summed E-state index contributed by atoms with van der Waals surface area (Å²) in [6, 6.07) is 14.6. The molecule has 0 unspecified atom stereocenters. The summed E-state index contributed by atoms with van der Waals surface area (Å²) in [7, 11) is 0. The number of aryl methyl sites for hydroxylation is 1. The number of carbonyl (C=O) groups excluding carboxylic acids is 2. The fraction of sp³-hybridized carbons (Fsp3) is 0.273. The van der Waals surface area contributed by atoms with E-state index in [-0.39, 0.29) is 18.0 Å². The van der Waals surface area contributed by atoms with Gasteiger partial charge in [-0.15, -0.1) is 0 Å². The molecule has 3 heterocycles. The van der Waals surface area contributed by atoms with Crippen molar-refractivity contribution in [1.29, 1.82) is 0 Å².